The number of ether oxygens (including phenoxy) is 1. The average Bonchev–Trinajstić information content (AvgIpc) is 3.49. The molecule has 2 aliphatic heterocycles. The Morgan fingerprint density at radius 3 is 2.61 bits per heavy atom. The van der Waals surface area contributed by atoms with Crippen LogP contribution in [-0.4, -0.2) is 64.2 Å². The van der Waals surface area contributed by atoms with Crippen molar-refractivity contribution in [3.8, 4) is 16.5 Å². The summed E-state index contributed by atoms with van der Waals surface area (Å²) in [5.41, 5.74) is 1.76. The van der Waals surface area contributed by atoms with Gasteiger partial charge in [-0.1, -0.05) is 46.3 Å². The molecule has 2 fully saturated rings. The molecule has 7 nitrogen and oxygen atoms in total. The molecule has 0 radical (unpaired) electrons. The molecule has 174 valence electrons. The van der Waals surface area contributed by atoms with Crippen molar-refractivity contribution >= 4 is 28.8 Å². The molecule has 3 aromatic rings. The number of likely N-dealkylation sites (tertiary alicyclic amines) is 2. The van der Waals surface area contributed by atoms with Crippen molar-refractivity contribution in [3.05, 3.63) is 52.2 Å². The van der Waals surface area contributed by atoms with Crippen LogP contribution in [0.1, 0.15) is 41.8 Å². The highest BCUT2D eigenvalue weighted by Gasteiger charge is 2.33. The molecule has 0 bridgehead atoms. The van der Waals surface area contributed by atoms with Crippen molar-refractivity contribution in [2.75, 3.05) is 26.2 Å². The van der Waals surface area contributed by atoms with Gasteiger partial charge in [0.2, 0.25) is 0 Å². The number of thiazole rings is 1. The summed E-state index contributed by atoms with van der Waals surface area (Å²) >= 11 is 7.91. The summed E-state index contributed by atoms with van der Waals surface area (Å²) in [5.74, 6) is 0.497. The van der Waals surface area contributed by atoms with Crippen LogP contribution in [0.4, 0.5) is 0 Å². The maximum atomic E-state index is 13.4. The number of benzene rings is 1. The molecular formula is C24H27ClN4O3S. The van der Waals surface area contributed by atoms with Crippen LogP contribution >= 0.6 is 22.9 Å². The largest absolute Gasteiger partial charge is 0.467 e. The Labute approximate surface area is 202 Å². The van der Waals surface area contributed by atoms with E-state index in [1.807, 2.05) is 28.5 Å². The molecule has 2 aromatic heterocycles. The van der Waals surface area contributed by atoms with Gasteiger partial charge in [-0.2, -0.15) is 0 Å². The molecule has 2 saturated heterocycles. The van der Waals surface area contributed by atoms with E-state index in [2.05, 4.69) is 15.0 Å². The molecule has 4 heterocycles. The Bertz CT molecular complexity index is 1090. The topological polar surface area (TPSA) is 71.7 Å². The number of nitrogens with zero attached hydrogens (tertiary/aromatic N) is 4. The van der Waals surface area contributed by atoms with E-state index in [1.165, 1.54) is 0 Å². The second kappa shape index (κ2) is 9.83. The first-order chi connectivity index (χ1) is 16.1. The number of hydrogen-bond donors (Lipinski definition) is 0. The summed E-state index contributed by atoms with van der Waals surface area (Å²) in [7, 11) is 0. The molecule has 33 heavy (non-hydrogen) atoms. The van der Waals surface area contributed by atoms with Crippen molar-refractivity contribution < 1.29 is 14.1 Å². The number of carbonyl (C=O) groups is 1. The predicted molar refractivity (Wildman–Crippen MR) is 128 cm³/mol. The number of aryl methyl sites for hydroxylation is 1. The van der Waals surface area contributed by atoms with Gasteiger partial charge in [0, 0.05) is 49.4 Å². The predicted octanol–water partition coefficient (Wildman–Crippen LogP) is 4.91. The molecule has 0 atom stereocenters. The summed E-state index contributed by atoms with van der Waals surface area (Å²) in [6, 6.07) is 7.91. The third-order valence-corrected chi connectivity index (χ3v) is 7.62. The Hall–Kier alpha value is -2.42. The van der Waals surface area contributed by atoms with Gasteiger partial charge in [-0.15, -0.1) is 0 Å². The van der Waals surface area contributed by atoms with Gasteiger partial charge in [0.05, 0.1) is 5.02 Å². The first-order valence-corrected chi connectivity index (χ1v) is 12.7. The SMILES string of the molecule is Cc1onc(-c2ccccc2Cl)c1C(=O)N1CCC(N2CCC(Oc3nccs3)CC2)CC1. The van der Waals surface area contributed by atoms with Crippen LogP contribution in [-0.2, 0) is 0 Å². The van der Waals surface area contributed by atoms with Crippen molar-refractivity contribution in [3.63, 3.8) is 0 Å². The number of hydrogen-bond acceptors (Lipinski definition) is 7. The quantitative estimate of drug-likeness (QED) is 0.510. The summed E-state index contributed by atoms with van der Waals surface area (Å²) in [6.45, 7) is 5.29. The second-order valence-electron chi connectivity index (χ2n) is 8.62. The van der Waals surface area contributed by atoms with Gasteiger partial charge in [-0.25, -0.2) is 4.98 Å². The summed E-state index contributed by atoms with van der Waals surface area (Å²) in [4.78, 5) is 22.1. The Balaban J connectivity index is 1.18. The number of halogens is 1. The van der Waals surface area contributed by atoms with Crippen LogP contribution in [0.5, 0.6) is 5.19 Å². The Morgan fingerprint density at radius 2 is 1.91 bits per heavy atom. The lowest BCUT2D eigenvalue weighted by atomic mass is 9.97. The zero-order valence-electron chi connectivity index (χ0n) is 18.6. The lowest BCUT2D eigenvalue weighted by Crippen LogP contribution is -2.50. The maximum Gasteiger partial charge on any atom is 0.273 e. The van der Waals surface area contributed by atoms with E-state index in [4.69, 9.17) is 20.9 Å². The van der Waals surface area contributed by atoms with Crippen LogP contribution in [0.15, 0.2) is 40.4 Å². The fourth-order valence-electron chi connectivity index (χ4n) is 4.82. The van der Waals surface area contributed by atoms with Gasteiger partial charge in [0.15, 0.2) is 0 Å². The first kappa shape index (κ1) is 22.4. The molecule has 0 saturated carbocycles. The molecule has 0 spiro atoms. The monoisotopic (exact) mass is 486 g/mol. The standard InChI is InChI=1S/C24H27ClN4O3S/c1-16-21(22(27-32-16)19-4-2-3-5-20(19)25)23(30)29-11-6-17(7-12-29)28-13-8-18(9-14-28)31-24-26-10-15-33-24/h2-5,10,15,17-18H,6-9,11-14H2,1H3. The van der Waals surface area contributed by atoms with Gasteiger partial charge in [0.25, 0.3) is 11.1 Å². The van der Waals surface area contributed by atoms with Gasteiger partial charge < -0.3 is 14.2 Å². The van der Waals surface area contributed by atoms with E-state index in [0.717, 1.165) is 62.6 Å². The average molecular weight is 487 g/mol. The summed E-state index contributed by atoms with van der Waals surface area (Å²) < 4.78 is 11.4. The van der Waals surface area contributed by atoms with Gasteiger partial charge in [-0.3, -0.25) is 9.69 Å². The third-order valence-electron chi connectivity index (χ3n) is 6.63. The van der Waals surface area contributed by atoms with Crippen molar-refractivity contribution in [2.45, 2.75) is 44.8 Å². The Kier molecular flexibility index (Phi) is 6.66. The Morgan fingerprint density at radius 1 is 1.15 bits per heavy atom. The van der Waals surface area contributed by atoms with Crippen molar-refractivity contribution in [1.82, 2.24) is 19.9 Å². The minimum absolute atomic E-state index is 0.0299. The van der Waals surface area contributed by atoms with Gasteiger partial charge in [0.1, 0.15) is 23.1 Å². The number of aromatic nitrogens is 2. The maximum absolute atomic E-state index is 13.4. The van der Waals surface area contributed by atoms with E-state index < -0.39 is 0 Å². The number of piperidine rings is 2. The lowest BCUT2D eigenvalue weighted by molar-refractivity contribution is 0.0424. The van der Waals surface area contributed by atoms with Crippen LogP contribution < -0.4 is 4.74 Å². The normalized spacial score (nSPS) is 18.5. The van der Waals surface area contributed by atoms with E-state index in [-0.39, 0.29) is 12.0 Å². The minimum Gasteiger partial charge on any atom is -0.467 e. The number of carbonyl (C=O) groups excluding carboxylic acids is 1. The first-order valence-electron chi connectivity index (χ1n) is 11.4. The van der Waals surface area contributed by atoms with Crippen molar-refractivity contribution in [2.24, 2.45) is 0 Å². The van der Waals surface area contributed by atoms with Crippen LogP contribution in [0.3, 0.4) is 0 Å². The molecule has 1 amide bonds. The lowest BCUT2D eigenvalue weighted by Gasteiger charge is -2.41. The number of rotatable bonds is 5. The van der Waals surface area contributed by atoms with Crippen molar-refractivity contribution in [1.29, 1.82) is 0 Å². The van der Waals surface area contributed by atoms with Crippen LogP contribution in [0, 0.1) is 6.92 Å². The third kappa shape index (κ3) is 4.78. The summed E-state index contributed by atoms with van der Waals surface area (Å²) in [6.07, 6.45) is 5.99. The highest BCUT2D eigenvalue weighted by atomic mass is 35.5. The molecule has 9 heteroatoms. The van der Waals surface area contributed by atoms with E-state index in [0.29, 0.717) is 28.1 Å². The minimum atomic E-state index is -0.0299. The zero-order chi connectivity index (χ0) is 22.8. The van der Waals surface area contributed by atoms with Crippen LogP contribution in [0.2, 0.25) is 5.02 Å². The van der Waals surface area contributed by atoms with Gasteiger partial charge >= 0.3 is 0 Å². The molecule has 2 aliphatic rings. The summed E-state index contributed by atoms with van der Waals surface area (Å²) in [5, 5.41) is 7.42. The highest BCUT2D eigenvalue weighted by molar-refractivity contribution is 7.11. The second-order valence-corrected chi connectivity index (χ2v) is 9.88. The van der Waals surface area contributed by atoms with Gasteiger partial charge in [-0.05, 0) is 38.7 Å². The zero-order valence-corrected chi connectivity index (χ0v) is 20.1. The highest BCUT2D eigenvalue weighted by Crippen LogP contribution is 2.33. The molecule has 1 aromatic carbocycles. The molecule has 0 aliphatic carbocycles. The molecular weight excluding hydrogens is 460 g/mol. The molecule has 0 N–H and O–H groups in total. The molecule has 5 rings (SSSR count). The van der Waals surface area contributed by atoms with E-state index >= 15 is 0 Å². The van der Waals surface area contributed by atoms with Crippen LogP contribution in [0.25, 0.3) is 11.3 Å². The van der Waals surface area contributed by atoms with E-state index in [9.17, 15) is 4.79 Å². The fraction of sp³-hybridized carbons (Fsp3) is 0.458. The van der Waals surface area contributed by atoms with E-state index in [1.54, 1.807) is 30.5 Å². The number of amides is 1. The molecule has 0 unspecified atom stereocenters. The smallest absolute Gasteiger partial charge is 0.273 e. The fourth-order valence-corrected chi connectivity index (χ4v) is 5.60.